The van der Waals surface area contributed by atoms with Crippen molar-refractivity contribution < 1.29 is 18.2 Å². The van der Waals surface area contributed by atoms with Crippen LogP contribution >= 0.6 is 0 Å². The van der Waals surface area contributed by atoms with Gasteiger partial charge in [0.25, 0.3) is 0 Å². The first-order valence-corrected chi connectivity index (χ1v) is 12.1. The molecule has 2 rings (SSSR count). The molecule has 0 amide bonds. The maximum absolute atomic E-state index is 11.1. The van der Waals surface area contributed by atoms with Crippen LogP contribution in [0.5, 0.6) is 0 Å². The Balaban J connectivity index is 2.01. The molecule has 0 unspecified atom stereocenters. The van der Waals surface area contributed by atoms with E-state index in [9.17, 15) is 10.1 Å². The number of nitro groups is 1. The molecular weight excluding hydrogens is 423 g/mol. The molecule has 0 bridgehead atoms. The number of hydrogen-bond donors (Lipinski definition) is 1. The Morgan fingerprint density at radius 3 is 2.31 bits per heavy atom. The SMILES string of the molecule is CCO[Si](CCCNc1ccc([N+](=O)[O-])c2n[se]nc12)(OCC)OCC. The van der Waals surface area contributed by atoms with Crippen molar-refractivity contribution in [2.45, 2.75) is 33.2 Å². The van der Waals surface area contributed by atoms with Crippen LogP contribution in [0.1, 0.15) is 27.2 Å². The molecule has 11 heteroatoms. The predicted octanol–water partition coefficient (Wildman–Crippen LogP) is 2.45. The van der Waals surface area contributed by atoms with Gasteiger partial charge in [0.05, 0.1) is 0 Å². The van der Waals surface area contributed by atoms with Crippen molar-refractivity contribution in [1.29, 1.82) is 0 Å². The summed E-state index contributed by atoms with van der Waals surface area (Å²) in [4.78, 5) is 10.7. The molecule has 0 aliphatic rings. The van der Waals surface area contributed by atoms with Crippen molar-refractivity contribution in [2.24, 2.45) is 0 Å². The fourth-order valence-corrected chi connectivity index (χ4v) is 6.48. The standard InChI is InChI=1S/C15H24N4O5SeSi/c1-4-22-26(23-5-2,24-6-3)11-7-10-16-12-8-9-13(19(20)21)15-14(12)17-25-18-15/h8-9,16H,4-7,10-11H2,1-3H3. The molecule has 0 aliphatic carbocycles. The van der Waals surface area contributed by atoms with Gasteiger partial charge in [0.15, 0.2) is 0 Å². The van der Waals surface area contributed by atoms with Crippen molar-refractivity contribution in [2.75, 3.05) is 31.7 Å². The van der Waals surface area contributed by atoms with E-state index in [0.717, 1.165) is 12.1 Å². The van der Waals surface area contributed by atoms with E-state index >= 15 is 0 Å². The number of rotatable bonds is 12. The third-order valence-corrected chi connectivity index (χ3v) is 7.92. The van der Waals surface area contributed by atoms with E-state index in [1.807, 2.05) is 20.8 Å². The summed E-state index contributed by atoms with van der Waals surface area (Å²) in [6.07, 6.45) is 0.792. The average molecular weight is 447 g/mol. The van der Waals surface area contributed by atoms with Crippen LogP contribution in [-0.2, 0) is 13.3 Å². The molecule has 1 aromatic carbocycles. The minimum absolute atomic E-state index is 0.00383. The average Bonchev–Trinajstić information content (AvgIpc) is 3.09. The Hall–Kier alpha value is -1.36. The van der Waals surface area contributed by atoms with Gasteiger partial charge in [0, 0.05) is 0 Å². The van der Waals surface area contributed by atoms with E-state index in [1.54, 1.807) is 6.07 Å². The normalized spacial score (nSPS) is 11.8. The molecule has 0 radical (unpaired) electrons. The van der Waals surface area contributed by atoms with Crippen LogP contribution in [0.15, 0.2) is 12.1 Å². The summed E-state index contributed by atoms with van der Waals surface area (Å²) >= 11 is -0.328. The van der Waals surface area contributed by atoms with Crippen LogP contribution in [-0.4, -0.2) is 63.0 Å². The first-order valence-electron chi connectivity index (χ1n) is 8.62. The van der Waals surface area contributed by atoms with Gasteiger partial charge >= 0.3 is 159 Å². The second-order valence-corrected chi connectivity index (χ2v) is 9.20. The van der Waals surface area contributed by atoms with Crippen LogP contribution in [0.4, 0.5) is 11.4 Å². The summed E-state index contributed by atoms with van der Waals surface area (Å²) in [5.74, 6) is 0. The van der Waals surface area contributed by atoms with Gasteiger partial charge in [-0.15, -0.1) is 0 Å². The monoisotopic (exact) mass is 448 g/mol. The molecular formula is C15H24N4O5SeSi. The molecule has 2 aromatic rings. The van der Waals surface area contributed by atoms with Crippen molar-refractivity contribution in [3.05, 3.63) is 22.2 Å². The van der Waals surface area contributed by atoms with Crippen molar-refractivity contribution >= 4 is 46.2 Å². The van der Waals surface area contributed by atoms with Crippen LogP contribution < -0.4 is 5.32 Å². The van der Waals surface area contributed by atoms with Gasteiger partial charge in [0.2, 0.25) is 0 Å². The van der Waals surface area contributed by atoms with Crippen LogP contribution in [0.3, 0.4) is 0 Å². The zero-order valence-corrected chi connectivity index (χ0v) is 17.9. The number of nitrogens with one attached hydrogen (secondary N) is 1. The number of aromatic nitrogens is 2. The summed E-state index contributed by atoms with van der Waals surface area (Å²) in [5, 5.41) is 14.4. The summed E-state index contributed by atoms with van der Waals surface area (Å²) in [6, 6.07) is 3.87. The zero-order chi connectivity index (χ0) is 19.0. The van der Waals surface area contributed by atoms with Crippen molar-refractivity contribution in [3.8, 4) is 0 Å². The predicted molar refractivity (Wildman–Crippen MR) is 102 cm³/mol. The zero-order valence-electron chi connectivity index (χ0n) is 15.2. The molecule has 0 saturated heterocycles. The molecule has 1 aromatic heterocycles. The van der Waals surface area contributed by atoms with Gasteiger partial charge in [-0.1, -0.05) is 0 Å². The Kier molecular flexibility index (Phi) is 8.13. The van der Waals surface area contributed by atoms with Crippen LogP contribution in [0, 0.1) is 10.1 Å². The van der Waals surface area contributed by atoms with E-state index in [0.29, 0.717) is 43.4 Å². The molecule has 9 nitrogen and oxygen atoms in total. The Labute approximate surface area is 159 Å². The third kappa shape index (κ3) is 5.09. The van der Waals surface area contributed by atoms with E-state index in [2.05, 4.69) is 13.3 Å². The Bertz CT molecular complexity index is 712. The molecule has 1 N–H and O–H groups in total. The van der Waals surface area contributed by atoms with Gasteiger partial charge in [0.1, 0.15) is 0 Å². The second kappa shape index (κ2) is 10.1. The number of nitrogens with zero attached hydrogens (tertiary/aromatic N) is 3. The molecule has 0 atom stereocenters. The summed E-state index contributed by atoms with van der Waals surface area (Å²) in [7, 11) is -2.65. The fourth-order valence-electron chi connectivity index (χ4n) is 2.67. The quantitative estimate of drug-likeness (QED) is 0.229. The second-order valence-electron chi connectivity index (χ2n) is 5.36. The summed E-state index contributed by atoms with van der Waals surface area (Å²) < 4.78 is 26.0. The summed E-state index contributed by atoms with van der Waals surface area (Å²) in [5.41, 5.74) is 1.73. The van der Waals surface area contributed by atoms with Crippen molar-refractivity contribution in [3.63, 3.8) is 0 Å². The molecule has 1 heterocycles. The number of hydrogen-bond acceptors (Lipinski definition) is 8. The maximum atomic E-state index is 11.1. The van der Waals surface area contributed by atoms with Crippen LogP contribution in [0.2, 0.25) is 6.04 Å². The molecule has 26 heavy (non-hydrogen) atoms. The molecule has 144 valence electrons. The molecule has 0 saturated carbocycles. The van der Waals surface area contributed by atoms with E-state index in [4.69, 9.17) is 13.3 Å². The third-order valence-electron chi connectivity index (χ3n) is 3.66. The van der Waals surface area contributed by atoms with E-state index in [-0.39, 0.29) is 20.6 Å². The van der Waals surface area contributed by atoms with E-state index < -0.39 is 13.7 Å². The minimum atomic E-state index is -2.65. The topological polar surface area (TPSA) is 109 Å². The van der Waals surface area contributed by atoms with Crippen LogP contribution in [0.25, 0.3) is 11.0 Å². The number of nitro benzene ring substituents is 1. The fraction of sp³-hybridized carbons (Fsp3) is 0.600. The number of benzene rings is 1. The summed E-state index contributed by atoms with van der Waals surface area (Å²) in [6.45, 7) is 8.13. The first kappa shape index (κ1) is 20.9. The number of anilines is 1. The van der Waals surface area contributed by atoms with Gasteiger partial charge in [-0.2, -0.15) is 0 Å². The van der Waals surface area contributed by atoms with E-state index in [1.165, 1.54) is 6.07 Å². The number of fused-ring (bicyclic) bond motifs is 1. The molecule has 0 aliphatic heterocycles. The van der Waals surface area contributed by atoms with Gasteiger partial charge < -0.3 is 0 Å². The van der Waals surface area contributed by atoms with Gasteiger partial charge in [-0.25, -0.2) is 0 Å². The first-order chi connectivity index (χ1) is 12.6. The molecule has 0 spiro atoms. The Morgan fingerprint density at radius 2 is 1.73 bits per heavy atom. The van der Waals surface area contributed by atoms with Gasteiger partial charge in [-0.05, 0) is 0 Å². The van der Waals surface area contributed by atoms with Gasteiger partial charge in [-0.3, -0.25) is 0 Å². The Morgan fingerprint density at radius 1 is 1.12 bits per heavy atom. The number of non-ortho nitro benzene ring substituents is 1. The van der Waals surface area contributed by atoms with Crippen molar-refractivity contribution in [1.82, 2.24) is 7.96 Å². The molecule has 0 fully saturated rings.